The number of rotatable bonds is 9. The Morgan fingerprint density at radius 3 is 1.72 bits per heavy atom. The number of aromatic nitrogens is 4. The van der Waals surface area contributed by atoms with E-state index in [-0.39, 0.29) is 23.9 Å². The van der Waals surface area contributed by atoms with Gasteiger partial charge < -0.3 is 40.7 Å². The number of nitrogens with one attached hydrogen (secondary N) is 3. The third kappa shape index (κ3) is 8.29. The van der Waals surface area contributed by atoms with Crippen LogP contribution in [0.3, 0.4) is 0 Å². The minimum atomic E-state index is -1.50. The fourth-order valence-corrected chi connectivity index (χ4v) is 6.91. The van der Waals surface area contributed by atoms with Gasteiger partial charge in [-0.3, -0.25) is 9.59 Å². The van der Waals surface area contributed by atoms with Crippen molar-refractivity contribution in [1.29, 1.82) is 0 Å². The number of aliphatic hydroxyl groups is 1. The quantitative estimate of drug-likeness (QED) is 0.155. The number of nitrogens with two attached hydrogens (primary N) is 1. The highest BCUT2D eigenvalue weighted by Gasteiger charge is 2.42. The molecule has 278 valence electrons. The van der Waals surface area contributed by atoms with Crippen LogP contribution in [0.15, 0.2) is 60.9 Å². The molecule has 0 spiro atoms. The van der Waals surface area contributed by atoms with Crippen molar-refractivity contribution in [2.45, 2.75) is 83.1 Å². The molecule has 13 nitrogen and oxygen atoms in total. The second-order valence-corrected chi connectivity index (χ2v) is 14.6. The lowest BCUT2D eigenvalue weighted by Crippen LogP contribution is -2.58. The summed E-state index contributed by atoms with van der Waals surface area (Å²) in [6.07, 6.45) is 6.00. The van der Waals surface area contributed by atoms with Crippen molar-refractivity contribution in [3.8, 4) is 34.4 Å². The first kappa shape index (κ1) is 37.3. The molecule has 53 heavy (non-hydrogen) atoms. The number of imidazole rings is 2. The summed E-state index contributed by atoms with van der Waals surface area (Å²) in [5.41, 5.74) is 9.98. The van der Waals surface area contributed by atoms with E-state index < -0.39 is 29.7 Å². The minimum Gasteiger partial charge on any atom is -0.453 e. The third-order valence-corrected chi connectivity index (χ3v) is 10.0. The molecule has 4 aromatic rings. The average Bonchev–Trinajstić information content (AvgIpc) is 3.98. The van der Waals surface area contributed by atoms with E-state index in [1.807, 2.05) is 73.5 Å². The van der Waals surface area contributed by atoms with Gasteiger partial charge in [0.2, 0.25) is 11.8 Å². The number of amides is 3. The summed E-state index contributed by atoms with van der Waals surface area (Å²) < 4.78 is 4.68. The lowest BCUT2D eigenvalue weighted by Gasteiger charge is -2.34. The summed E-state index contributed by atoms with van der Waals surface area (Å²) in [6.45, 7) is 8.05. The van der Waals surface area contributed by atoms with Gasteiger partial charge in [-0.25, -0.2) is 14.8 Å². The van der Waals surface area contributed by atoms with E-state index in [1.54, 1.807) is 11.1 Å². The van der Waals surface area contributed by atoms with Gasteiger partial charge in [-0.1, -0.05) is 50.0 Å². The smallest absolute Gasteiger partial charge is 0.407 e. The van der Waals surface area contributed by atoms with Crippen molar-refractivity contribution in [2.75, 3.05) is 20.2 Å². The van der Waals surface area contributed by atoms with Crippen LogP contribution in [0.25, 0.3) is 22.5 Å². The molecule has 0 radical (unpaired) electrons. The summed E-state index contributed by atoms with van der Waals surface area (Å²) in [7, 11) is 1.21. The maximum Gasteiger partial charge on any atom is 0.407 e. The van der Waals surface area contributed by atoms with Gasteiger partial charge in [-0.2, -0.15) is 0 Å². The molecule has 2 aliphatic rings. The summed E-state index contributed by atoms with van der Waals surface area (Å²) >= 11 is 0. The molecule has 3 amide bonds. The molecule has 2 aromatic heterocycles. The maximum absolute atomic E-state index is 13.5. The van der Waals surface area contributed by atoms with Gasteiger partial charge in [-0.15, -0.1) is 0 Å². The standard InChI is InChI=1S/C40H48N8O5/c1-24(2)33(41)37(49)47-20-6-8-31(47)35-42-22-29(44-35)27-16-12-25(13-17-27)10-11-26-14-18-28(19-15-26)30-23-43-36(45-30)32-9-7-21-48(32)38(50)34(40(3,4)52)46-39(51)53-5/h12-19,22-24,31-34,52H,6-9,20-21,41H2,1-5H3,(H,42,44)(H,43,45)(H,46,51)/t31-,32-,33-,34+/m0/s1. The van der Waals surface area contributed by atoms with Crippen LogP contribution < -0.4 is 11.1 Å². The van der Waals surface area contributed by atoms with E-state index in [0.29, 0.717) is 25.3 Å². The van der Waals surface area contributed by atoms with Gasteiger partial charge in [-0.05, 0) is 80.8 Å². The second kappa shape index (κ2) is 15.7. The van der Waals surface area contributed by atoms with Gasteiger partial charge in [0, 0.05) is 24.2 Å². The Labute approximate surface area is 309 Å². The van der Waals surface area contributed by atoms with Crippen LogP contribution in [0.1, 0.15) is 88.2 Å². The van der Waals surface area contributed by atoms with E-state index in [4.69, 9.17) is 5.73 Å². The van der Waals surface area contributed by atoms with Crippen LogP contribution in [-0.4, -0.2) is 90.6 Å². The molecule has 0 bridgehead atoms. The highest BCUT2D eigenvalue weighted by atomic mass is 16.5. The van der Waals surface area contributed by atoms with Crippen molar-refractivity contribution < 1.29 is 24.2 Å². The van der Waals surface area contributed by atoms with Crippen LogP contribution >= 0.6 is 0 Å². The first-order valence-corrected chi connectivity index (χ1v) is 18.1. The molecule has 4 heterocycles. The number of carbonyl (C=O) groups is 3. The first-order chi connectivity index (χ1) is 25.3. The van der Waals surface area contributed by atoms with Gasteiger partial charge >= 0.3 is 6.09 Å². The molecule has 2 fully saturated rings. The summed E-state index contributed by atoms with van der Waals surface area (Å²) in [6, 6.07) is 13.7. The molecule has 6 N–H and O–H groups in total. The lowest BCUT2D eigenvalue weighted by atomic mass is 9.97. The van der Waals surface area contributed by atoms with Crippen molar-refractivity contribution in [2.24, 2.45) is 11.7 Å². The van der Waals surface area contributed by atoms with Crippen LogP contribution in [0.2, 0.25) is 0 Å². The number of aromatic amines is 2. The molecule has 6 rings (SSSR count). The van der Waals surface area contributed by atoms with Crippen molar-refractivity contribution in [3.05, 3.63) is 83.7 Å². The highest BCUT2D eigenvalue weighted by molar-refractivity contribution is 5.87. The normalized spacial score (nSPS) is 18.4. The molecule has 0 aliphatic carbocycles. The topological polar surface area (TPSA) is 183 Å². The fraction of sp³-hybridized carbons (Fsp3) is 0.425. The van der Waals surface area contributed by atoms with Gasteiger partial charge in [0.1, 0.15) is 17.7 Å². The monoisotopic (exact) mass is 720 g/mol. The van der Waals surface area contributed by atoms with Crippen LogP contribution in [-0.2, 0) is 14.3 Å². The van der Waals surface area contributed by atoms with Crippen LogP contribution in [0.4, 0.5) is 4.79 Å². The SMILES string of the molecule is COC(=O)N[C@H](C(=O)N1CCC[C@H]1c1ncc(-c2ccc(C#Cc3ccc(-c4cnc([C@@H]5CCCN5C(=O)[C@@H](N)C(C)C)[nH]4)cc3)cc2)[nH]1)C(C)(C)O. The number of benzene rings is 2. The Kier molecular flexibility index (Phi) is 11.0. The predicted molar refractivity (Wildman–Crippen MR) is 200 cm³/mol. The number of hydrogen-bond donors (Lipinski definition) is 5. The van der Waals surface area contributed by atoms with Crippen molar-refractivity contribution in [3.63, 3.8) is 0 Å². The maximum atomic E-state index is 13.5. The molecule has 2 aromatic carbocycles. The summed E-state index contributed by atoms with van der Waals surface area (Å²) in [4.78, 5) is 58.0. The Morgan fingerprint density at radius 1 is 0.849 bits per heavy atom. The van der Waals surface area contributed by atoms with Gasteiger partial charge in [0.25, 0.3) is 0 Å². The Balaban J connectivity index is 1.08. The van der Waals surface area contributed by atoms with Gasteiger partial charge in [0.05, 0.1) is 54.6 Å². The molecule has 4 atom stereocenters. The molecule has 2 aliphatic heterocycles. The second-order valence-electron chi connectivity index (χ2n) is 14.6. The largest absolute Gasteiger partial charge is 0.453 e. The van der Waals surface area contributed by atoms with E-state index in [0.717, 1.165) is 58.7 Å². The van der Waals surface area contributed by atoms with E-state index in [1.165, 1.54) is 21.0 Å². The number of alkyl carbamates (subject to hydrolysis) is 1. The van der Waals surface area contributed by atoms with Crippen LogP contribution in [0.5, 0.6) is 0 Å². The zero-order valence-corrected chi connectivity index (χ0v) is 30.8. The predicted octanol–water partition coefficient (Wildman–Crippen LogP) is 4.67. The zero-order valence-electron chi connectivity index (χ0n) is 30.8. The average molecular weight is 721 g/mol. The van der Waals surface area contributed by atoms with E-state index in [9.17, 15) is 19.5 Å². The van der Waals surface area contributed by atoms with E-state index in [2.05, 4.69) is 41.8 Å². The Hall–Kier alpha value is -5.45. The number of nitrogens with zero attached hydrogens (tertiary/aromatic N) is 4. The highest BCUT2D eigenvalue weighted by Crippen LogP contribution is 2.34. The number of H-pyrrole nitrogens is 2. The van der Waals surface area contributed by atoms with Crippen molar-refractivity contribution in [1.82, 2.24) is 35.1 Å². The molecule has 13 heteroatoms. The summed E-state index contributed by atoms with van der Waals surface area (Å²) in [5.74, 6) is 7.54. The molecule has 0 unspecified atom stereocenters. The molecular formula is C40H48N8O5. The van der Waals surface area contributed by atoms with Crippen LogP contribution in [0, 0.1) is 17.8 Å². The van der Waals surface area contributed by atoms with Crippen molar-refractivity contribution >= 4 is 17.9 Å². The third-order valence-electron chi connectivity index (χ3n) is 10.0. The Morgan fingerprint density at radius 2 is 1.30 bits per heavy atom. The number of methoxy groups -OCH3 is 1. The number of hydrogen-bond acceptors (Lipinski definition) is 8. The summed E-state index contributed by atoms with van der Waals surface area (Å²) in [5, 5.41) is 13.1. The minimum absolute atomic E-state index is 0.0232. The first-order valence-electron chi connectivity index (χ1n) is 18.1. The number of likely N-dealkylation sites (tertiary alicyclic amines) is 2. The Bertz CT molecular complexity index is 1980. The number of carbonyl (C=O) groups excluding carboxylic acids is 3. The van der Waals surface area contributed by atoms with Gasteiger partial charge in [0.15, 0.2) is 0 Å². The fourth-order valence-electron chi connectivity index (χ4n) is 6.91. The number of ether oxygens (including phenoxy) is 1. The molecule has 2 saturated heterocycles. The molecular weight excluding hydrogens is 672 g/mol. The molecule has 0 saturated carbocycles. The zero-order chi connectivity index (χ0) is 37.9. The van der Waals surface area contributed by atoms with E-state index >= 15 is 0 Å². The lowest BCUT2D eigenvalue weighted by molar-refractivity contribution is -0.140.